The lowest BCUT2D eigenvalue weighted by atomic mass is 10.0. The minimum atomic E-state index is -3.82. The Balaban J connectivity index is 2.19. The molecule has 1 aromatic carbocycles. The molecule has 0 amide bonds. The van der Waals surface area contributed by atoms with Gasteiger partial charge in [0.25, 0.3) is 0 Å². The normalized spacial score (nSPS) is 16.8. The second-order valence-corrected chi connectivity index (χ2v) is 8.28. The summed E-state index contributed by atoms with van der Waals surface area (Å²) >= 11 is 6.63. The molecule has 1 aromatic rings. The number of nitrogens with one attached hydrogen (secondary N) is 1. The zero-order valence-electron chi connectivity index (χ0n) is 11.3. The van der Waals surface area contributed by atoms with Crippen molar-refractivity contribution in [3.8, 4) is 0 Å². The van der Waals surface area contributed by atoms with Gasteiger partial charge in [-0.25, -0.2) is 17.5 Å². The third kappa shape index (κ3) is 4.15. The van der Waals surface area contributed by atoms with Gasteiger partial charge in [0.05, 0.1) is 10.5 Å². The zero-order valence-corrected chi connectivity index (χ0v) is 13.8. The fourth-order valence-electron chi connectivity index (χ4n) is 2.22. The number of thioether (sulfide) groups is 1. The molecule has 0 aliphatic carbocycles. The topological polar surface area (TPSA) is 72.2 Å². The Hall–Kier alpha value is -0.700. The Morgan fingerprint density at radius 1 is 1.43 bits per heavy atom. The molecule has 1 saturated heterocycles. The van der Waals surface area contributed by atoms with Gasteiger partial charge < -0.3 is 5.73 Å². The molecule has 116 valence electrons. The predicted octanol–water partition coefficient (Wildman–Crippen LogP) is 1.88. The Morgan fingerprint density at radius 3 is 2.71 bits per heavy atom. The van der Waals surface area contributed by atoms with E-state index in [1.54, 1.807) is 0 Å². The fraction of sp³-hybridized carbons (Fsp3) is 0.462. The van der Waals surface area contributed by atoms with Crippen LogP contribution in [0.25, 0.3) is 0 Å². The van der Waals surface area contributed by atoms with E-state index in [9.17, 15) is 12.8 Å². The summed E-state index contributed by atoms with van der Waals surface area (Å²) in [6.45, 7) is 0.357. The summed E-state index contributed by atoms with van der Waals surface area (Å²) in [4.78, 5) is -0.456. The SMILES string of the molecule is NC(=S)c1c(F)cccc1S(=O)(=O)NCC1CCSCC1. The molecule has 0 unspecified atom stereocenters. The largest absolute Gasteiger partial charge is 0.389 e. The fourth-order valence-corrected chi connectivity index (χ4v) is 5.04. The standard InChI is InChI=1S/C13H17FN2O2S3/c14-10-2-1-3-11(12(10)13(15)19)21(17,18)16-8-9-4-6-20-7-5-9/h1-3,9,16H,4-8H2,(H2,15,19). The Labute approximate surface area is 133 Å². The summed E-state index contributed by atoms with van der Waals surface area (Å²) in [5, 5.41) is 0. The Kier molecular flexibility index (Phi) is 5.59. The van der Waals surface area contributed by atoms with E-state index in [2.05, 4.69) is 4.72 Å². The van der Waals surface area contributed by atoms with Crippen molar-refractivity contribution in [2.75, 3.05) is 18.1 Å². The average Bonchev–Trinajstić information content (AvgIpc) is 2.46. The van der Waals surface area contributed by atoms with Crippen molar-refractivity contribution in [3.05, 3.63) is 29.6 Å². The van der Waals surface area contributed by atoms with Crippen LogP contribution in [0.3, 0.4) is 0 Å². The highest BCUT2D eigenvalue weighted by molar-refractivity contribution is 7.99. The van der Waals surface area contributed by atoms with Gasteiger partial charge in [-0.3, -0.25) is 0 Å². The highest BCUT2D eigenvalue weighted by Gasteiger charge is 2.24. The molecule has 3 N–H and O–H groups in total. The van der Waals surface area contributed by atoms with Crippen LogP contribution in [0.2, 0.25) is 0 Å². The monoisotopic (exact) mass is 348 g/mol. The van der Waals surface area contributed by atoms with Crippen LogP contribution in [0, 0.1) is 11.7 Å². The van der Waals surface area contributed by atoms with Crippen LogP contribution in [-0.2, 0) is 10.0 Å². The molecule has 0 radical (unpaired) electrons. The maximum atomic E-state index is 13.8. The van der Waals surface area contributed by atoms with Gasteiger partial charge in [0.2, 0.25) is 10.0 Å². The van der Waals surface area contributed by atoms with E-state index in [0.29, 0.717) is 12.5 Å². The molecule has 4 nitrogen and oxygen atoms in total. The van der Waals surface area contributed by atoms with Crippen LogP contribution in [-0.4, -0.2) is 31.5 Å². The number of hydrogen-bond acceptors (Lipinski definition) is 4. The van der Waals surface area contributed by atoms with Crippen LogP contribution < -0.4 is 10.5 Å². The summed E-state index contributed by atoms with van der Waals surface area (Å²) < 4.78 is 41.0. The molecule has 0 aromatic heterocycles. The summed E-state index contributed by atoms with van der Waals surface area (Å²) in [7, 11) is -3.82. The lowest BCUT2D eigenvalue weighted by molar-refractivity contribution is 0.476. The summed E-state index contributed by atoms with van der Waals surface area (Å²) in [6, 6.07) is 3.80. The highest BCUT2D eigenvalue weighted by atomic mass is 32.2. The highest BCUT2D eigenvalue weighted by Crippen LogP contribution is 2.23. The first-order valence-electron chi connectivity index (χ1n) is 6.57. The Bertz CT molecular complexity index is 628. The van der Waals surface area contributed by atoms with Crippen LogP contribution in [0.4, 0.5) is 4.39 Å². The van der Waals surface area contributed by atoms with Gasteiger partial charge >= 0.3 is 0 Å². The molecule has 1 fully saturated rings. The molecule has 1 heterocycles. The maximum absolute atomic E-state index is 13.8. The van der Waals surface area contributed by atoms with Gasteiger partial charge in [0, 0.05) is 6.54 Å². The number of nitrogens with two attached hydrogens (primary N) is 1. The van der Waals surface area contributed by atoms with E-state index >= 15 is 0 Å². The number of sulfonamides is 1. The zero-order chi connectivity index (χ0) is 15.5. The quantitative estimate of drug-likeness (QED) is 0.795. The van der Waals surface area contributed by atoms with Crippen LogP contribution >= 0.6 is 24.0 Å². The van der Waals surface area contributed by atoms with E-state index in [0.717, 1.165) is 30.4 Å². The number of thiocarbonyl (C=S) groups is 1. The van der Waals surface area contributed by atoms with Crippen molar-refractivity contribution < 1.29 is 12.8 Å². The summed E-state index contributed by atoms with van der Waals surface area (Å²) in [5.41, 5.74) is 5.22. The molecular weight excluding hydrogens is 331 g/mol. The summed E-state index contributed by atoms with van der Waals surface area (Å²) in [5.74, 6) is 1.69. The number of rotatable bonds is 5. The van der Waals surface area contributed by atoms with Crippen LogP contribution in [0.15, 0.2) is 23.1 Å². The molecule has 0 spiro atoms. The van der Waals surface area contributed by atoms with Crippen molar-refractivity contribution in [1.29, 1.82) is 0 Å². The number of benzene rings is 1. The molecule has 0 saturated carbocycles. The van der Waals surface area contributed by atoms with Crippen LogP contribution in [0.1, 0.15) is 18.4 Å². The molecule has 0 atom stereocenters. The van der Waals surface area contributed by atoms with Crippen molar-refractivity contribution in [1.82, 2.24) is 4.72 Å². The van der Waals surface area contributed by atoms with Crippen molar-refractivity contribution in [2.24, 2.45) is 11.7 Å². The van der Waals surface area contributed by atoms with E-state index in [1.807, 2.05) is 11.8 Å². The van der Waals surface area contributed by atoms with E-state index in [-0.39, 0.29) is 15.4 Å². The van der Waals surface area contributed by atoms with Gasteiger partial charge in [-0.05, 0) is 42.4 Å². The molecule has 1 aliphatic heterocycles. The van der Waals surface area contributed by atoms with E-state index in [4.69, 9.17) is 18.0 Å². The molecule has 0 bridgehead atoms. The average molecular weight is 348 g/mol. The maximum Gasteiger partial charge on any atom is 0.241 e. The minimum absolute atomic E-state index is 0.194. The van der Waals surface area contributed by atoms with E-state index in [1.165, 1.54) is 12.1 Å². The third-order valence-corrected chi connectivity index (χ3v) is 6.13. The van der Waals surface area contributed by atoms with E-state index < -0.39 is 15.8 Å². The van der Waals surface area contributed by atoms with Gasteiger partial charge in [0.1, 0.15) is 10.8 Å². The van der Waals surface area contributed by atoms with Gasteiger partial charge in [-0.15, -0.1) is 0 Å². The third-order valence-electron chi connectivity index (χ3n) is 3.41. The molecule has 8 heteroatoms. The first-order chi connectivity index (χ1) is 9.92. The van der Waals surface area contributed by atoms with Crippen molar-refractivity contribution >= 4 is 39.0 Å². The molecule has 1 aliphatic rings. The van der Waals surface area contributed by atoms with Crippen LogP contribution in [0.5, 0.6) is 0 Å². The number of halogens is 1. The smallest absolute Gasteiger partial charge is 0.241 e. The molecular formula is C13H17FN2O2S3. The molecule has 2 rings (SSSR count). The van der Waals surface area contributed by atoms with Crippen molar-refractivity contribution in [2.45, 2.75) is 17.7 Å². The Morgan fingerprint density at radius 2 is 2.10 bits per heavy atom. The summed E-state index contributed by atoms with van der Waals surface area (Å²) in [6.07, 6.45) is 1.97. The van der Waals surface area contributed by atoms with Gasteiger partial charge in [-0.1, -0.05) is 18.3 Å². The second-order valence-electron chi connectivity index (χ2n) is 4.88. The molecule has 21 heavy (non-hydrogen) atoms. The number of hydrogen-bond donors (Lipinski definition) is 2. The first kappa shape index (κ1) is 16.7. The first-order valence-corrected chi connectivity index (χ1v) is 9.62. The van der Waals surface area contributed by atoms with Gasteiger partial charge in [0.15, 0.2) is 0 Å². The lowest BCUT2D eigenvalue weighted by Crippen LogP contribution is -2.32. The predicted molar refractivity (Wildman–Crippen MR) is 87.5 cm³/mol. The van der Waals surface area contributed by atoms with Gasteiger partial charge in [-0.2, -0.15) is 11.8 Å². The second kappa shape index (κ2) is 7.04. The minimum Gasteiger partial charge on any atom is -0.389 e. The lowest BCUT2D eigenvalue weighted by Gasteiger charge is -2.21. The van der Waals surface area contributed by atoms with Crippen molar-refractivity contribution in [3.63, 3.8) is 0 Å².